The van der Waals surface area contributed by atoms with E-state index >= 15 is 0 Å². The maximum Gasteiger partial charge on any atom is 0.227 e. The molecule has 1 aromatic carbocycles. The number of carbonyl (C=O) groups is 1. The van der Waals surface area contributed by atoms with Crippen molar-refractivity contribution in [3.05, 3.63) is 29.8 Å². The highest BCUT2D eigenvalue weighted by Crippen LogP contribution is 2.28. The lowest BCUT2D eigenvalue weighted by Gasteiger charge is -2.33. The van der Waals surface area contributed by atoms with Crippen LogP contribution < -0.4 is 11.1 Å². The van der Waals surface area contributed by atoms with Crippen molar-refractivity contribution < 1.29 is 4.79 Å². The molecule has 0 bridgehead atoms. The van der Waals surface area contributed by atoms with Crippen LogP contribution in [0.25, 0.3) is 0 Å². The molecule has 2 aliphatic heterocycles. The maximum atomic E-state index is 12.5. The molecular weight excluding hydrogens is 262 g/mol. The standard InChI is InChI=1S/C17H25N3O/c1-12(13-5-4-6-14(18)11-13)17(21)19-15-8-10-20-9-3-2-7-16(15)20/h4-6,11-12,15-16H,2-3,7-10,18H2,1H3,(H,19,21). The molecule has 1 amide bonds. The third-order valence-electron chi connectivity index (χ3n) is 4.99. The first-order chi connectivity index (χ1) is 10.1. The summed E-state index contributed by atoms with van der Waals surface area (Å²) in [4.78, 5) is 15.1. The molecule has 0 aliphatic carbocycles. The molecule has 1 aromatic rings. The Morgan fingerprint density at radius 3 is 3.00 bits per heavy atom. The number of fused-ring (bicyclic) bond motifs is 1. The average molecular weight is 287 g/mol. The minimum absolute atomic E-state index is 0.123. The zero-order valence-electron chi connectivity index (χ0n) is 12.7. The number of rotatable bonds is 3. The maximum absolute atomic E-state index is 12.5. The van der Waals surface area contributed by atoms with Gasteiger partial charge in [-0.3, -0.25) is 9.69 Å². The van der Waals surface area contributed by atoms with Gasteiger partial charge in [0.2, 0.25) is 5.91 Å². The van der Waals surface area contributed by atoms with E-state index in [4.69, 9.17) is 5.73 Å². The first-order valence-corrected chi connectivity index (χ1v) is 8.05. The van der Waals surface area contributed by atoms with Gasteiger partial charge in [0.15, 0.2) is 0 Å². The molecule has 2 saturated heterocycles. The molecule has 21 heavy (non-hydrogen) atoms. The van der Waals surface area contributed by atoms with Gasteiger partial charge in [0.1, 0.15) is 0 Å². The summed E-state index contributed by atoms with van der Waals surface area (Å²) in [7, 11) is 0. The van der Waals surface area contributed by atoms with Gasteiger partial charge in [-0.05, 0) is 50.4 Å². The van der Waals surface area contributed by atoms with E-state index in [0.29, 0.717) is 17.8 Å². The summed E-state index contributed by atoms with van der Waals surface area (Å²) in [5.41, 5.74) is 7.52. The molecule has 3 rings (SSSR count). The number of piperidine rings is 1. The summed E-state index contributed by atoms with van der Waals surface area (Å²) >= 11 is 0. The molecule has 2 heterocycles. The SMILES string of the molecule is CC(C(=O)NC1CCN2CCCCC12)c1cccc(N)c1. The Kier molecular flexibility index (Phi) is 4.15. The van der Waals surface area contributed by atoms with E-state index in [-0.39, 0.29) is 11.8 Å². The number of hydrogen-bond donors (Lipinski definition) is 2. The van der Waals surface area contributed by atoms with E-state index in [1.165, 1.54) is 25.8 Å². The Hall–Kier alpha value is -1.55. The molecule has 2 fully saturated rings. The highest BCUT2D eigenvalue weighted by Gasteiger charge is 2.36. The molecule has 0 radical (unpaired) electrons. The molecule has 3 atom stereocenters. The van der Waals surface area contributed by atoms with Crippen LogP contribution in [0.1, 0.15) is 44.1 Å². The van der Waals surface area contributed by atoms with Gasteiger partial charge in [-0.25, -0.2) is 0 Å². The number of nitrogens with zero attached hydrogens (tertiary/aromatic N) is 1. The van der Waals surface area contributed by atoms with Gasteiger partial charge in [-0.15, -0.1) is 0 Å². The minimum atomic E-state index is -0.147. The molecule has 114 valence electrons. The van der Waals surface area contributed by atoms with Crippen LogP contribution in [-0.4, -0.2) is 36.0 Å². The van der Waals surface area contributed by atoms with Crippen LogP contribution >= 0.6 is 0 Å². The van der Waals surface area contributed by atoms with Crippen molar-refractivity contribution in [2.75, 3.05) is 18.8 Å². The lowest BCUT2D eigenvalue weighted by molar-refractivity contribution is -0.123. The summed E-state index contributed by atoms with van der Waals surface area (Å²) < 4.78 is 0. The largest absolute Gasteiger partial charge is 0.399 e. The Morgan fingerprint density at radius 2 is 2.19 bits per heavy atom. The van der Waals surface area contributed by atoms with E-state index in [1.807, 2.05) is 31.2 Å². The fraction of sp³-hybridized carbons (Fsp3) is 0.588. The zero-order chi connectivity index (χ0) is 14.8. The third kappa shape index (κ3) is 3.05. The molecule has 0 spiro atoms. The van der Waals surface area contributed by atoms with Crippen molar-refractivity contribution in [3.63, 3.8) is 0 Å². The molecule has 0 saturated carbocycles. The van der Waals surface area contributed by atoms with Gasteiger partial charge in [-0.2, -0.15) is 0 Å². The number of nitrogens with two attached hydrogens (primary N) is 1. The van der Waals surface area contributed by atoms with E-state index in [1.54, 1.807) is 0 Å². The number of carbonyl (C=O) groups excluding carboxylic acids is 1. The summed E-state index contributed by atoms with van der Waals surface area (Å²) in [6, 6.07) is 8.50. The Bertz CT molecular complexity index is 517. The van der Waals surface area contributed by atoms with Gasteiger partial charge in [0, 0.05) is 24.3 Å². The molecule has 2 aliphatic rings. The number of anilines is 1. The summed E-state index contributed by atoms with van der Waals surface area (Å²) in [5.74, 6) is -0.0239. The smallest absolute Gasteiger partial charge is 0.227 e. The van der Waals surface area contributed by atoms with E-state index in [0.717, 1.165) is 18.5 Å². The average Bonchev–Trinajstić information content (AvgIpc) is 2.90. The summed E-state index contributed by atoms with van der Waals surface area (Å²) in [6.45, 7) is 4.28. The Balaban J connectivity index is 1.63. The van der Waals surface area contributed by atoms with Crippen LogP contribution in [0.2, 0.25) is 0 Å². The van der Waals surface area contributed by atoms with Crippen LogP contribution in [-0.2, 0) is 4.79 Å². The molecule has 0 aromatic heterocycles. The van der Waals surface area contributed by atoms with Crippen molar-refractivity contribution in [2.45, 2.75) is 50.6 Å². The van der Waals surface area contributed by atoms with Crippen LogP contribution in [0.4, 0.5) is 5.69 Å². The topological polar surface area (TPSA) is 58.4 Å². The number of hydrogen-bond acceptors (Lipinski definition) is 3. The highest BCUT2D eigenvalue weighted by atomic mass is 16.1. The van der Waals surface area contributed by atoms with Crippen molar-refractivity contribution in [3.8, 4) is 0 Å². The van der Waals surface area contributed by atoms with Crippen molar-refractivity contribution in [2.24, 2.45) is 0 Å². The highest BCUT2D eigenvalue weighted by molar-refractivity contribution is 5.83. The van der Waals surface area contributed by atoms with Crippen molar-refractivity contribution >= 4 is 11.6 Å². The predicted molar refractivity (Wildman–Crippen MR) is 85.0 cm³/mol. The zero-order valence-corrected chi connectivity index (χ0v) is 12.7. The van der Waals surface area contributed by atoms with Gasteiger partial charge in [-0.1, -0.05) is 18.6 Å². The summed E-state index contributed by atoms with van der Waals surface area (Å²) in [5, 5.41) is 3.27. The fourth-order valence-electron chi connectivity index (χ4n) is 3.70. The van der Waals surface area contributed by atoms with Gasteiger partial charge >= 0.3 is 0 Å². The lowest BCUT2D eigenvalue weighted by atomic mass is 9.96. The van der Waals surface area contributed by atoms with E-state index < -0.39 is 0 Å². The fourth-order valence-corrected chi connectivity index (χ4v) is 3.70. The molecule has 4 nitrogen and oxygen atoms in total. The van der Waals surface area contributed by atoms with Crippen LogP contribution in [0.3, 0.4) is 0 Å². The number of amides is 1. The monoisotopic (exact) mass is 287 g/mol. The molecule has 3 unspecified atom stereocenters. The second-order valence-corrected chi connectivity index (χ2v) is 6.39. The molecule has 4 heteroatoms. The van der Waals surface area contributed by atoms with Crippen LogP contribution in [0, 0.1) is 0 Å². The predicted octanol–water partition coefficient (Wildman–Crippen LogP) is 2.12. The Labute approximate surface area is 126 Å². The second-order valence-electron chi connectivity index (χ2n) is 6.39. The van der Waals surface area contributed by atoms with Crippen molar-refractivity contribution in [1.82, 2.24) is 10.2 Å². The minimum Gasteiger partial charge on any atom is -0.399 e. The second kappa shape index (κ2) is 6.06. The number of benzene rings is 1. The molecule has 3 N–H and O–H groups in total. The number of nitrogen functional groups attached to an aromatic ring is 1. The van der Waals surface area contributed by atoms with E-state index in [2.05, 4.69) is 10.2 Å². The van der Waals surface area contributed by atoms with Crippen LogP contribution in [0.5, 0.6) is 0 Å². The van der Waals surface area contributed by atoms with Gasteiger partial charge in [0.05, 0.1) is 5.92 Å². The Morgan fingerprint density at radius 1 is 1.33 bits per heavy atom. The number of nitrogens with one attached hydrogen (secondary N) is 1. The van der Waals surface area contributed by atoms with Crippen molar-refractivity contribution in [1.29, 1.82) is 0 Å². The lowest BCUT2D eigenvalue weighted by Crippen LogP contribution is -2.47. The van der Waals surface area contributed by atoms with E-state index in [9.17, 15) is 4.79 Å². The quantitative estimate of drug-likeness (QED) is 0.837. The first kappa shape index (κ1) is 14.4. The van der Waals surface area contributed by atoms with Gasteiger partial charge < -0.3 is 11.1 Å². The van der Waals surface area contributed by atoms with Crippen LogP contribution in [0.15, 0.2) is 24.3 Å². The summed E-state index contributed by atoms with van der Waals surface area (Å²) in [6.07, 6.45) is 4.90. The third-order valence-corrected chi connectivity index (χ3v) is 4.99. The van der Waals surface area contributed by atoms with Gasteiger partial charge in [0.25, 0.3) is 0 Å². The molecular formula is C17H25N3O. The normalized spacial score (nSPS) is 27.1. The first-order valence-electron chi connectivity index (χ1n) is 8.05.